The maximum atomic E-state index is 12.7. The second-order valence-corrected chi connectivity index (χ2v) is 5.46. The van der Waals surface area contributed by atoms with Gasteiger partial charge in [-0.05, 0) is 30.9 Å². The molecule has 5 nitrogen and oxygen atoms in total. The average Bonchev–Trinajstić information content (AvgIpc) is 2.88. The van der Waals surface area contributed by atoms with Gasteiger partial charge in [0.15, 0.2) is 0 Å². The number of hydrogen-bond acceptors (Lipinski definition) is 3. The van der Waals surface area contributed by atoms with Gasteiger partial charge in [-0.1, -0.05) is 32.0 Å². The van der Waals surface area contributed by atoms with Gasteiger partial charge in [0.1, 0.15) is 6.04 Å². The van der Waals surface area contributed by atoms with Crippen LogP contribution in [0.4, 0.5) is 10.5 Å². The molecule has 0 spiro atoms. The molecule has 0 fully saturated rings. The van der Waals surface area contributed by atoms with Gasteiger partial charge >= 0.3 is 6.09 Å². The summed E-state index contributed by atoms with van der Waals surface area (Å²) in [5.41, 5.74) is 2.11. The number of nitrogens with one attached hydrogen (secondary N) is 1. The van der Waals surface area contributed by atoms with Crippen molar-refractivity contribution < 1.29 is 14.3 Å². The van der Waals surface area contributed by atoms with Crippen molar-refractivity contribution in [2.45, 2.75) is 33.2 Å². The van der Waals surface area contributed by atoms with E-state index in [1.54, 1.807) is 11.8 Å². The SMILES string of the molecule is CCOC(=O)N[C@H](C(=O)N1CCc2ccccc21)C(C)C. The van der Waals surface area contributed by atoms with Crippen LogP contribution in [0, 0.1) is 5.92 Å². The van der Waals surface area contributed by atoms with E-state index in [-0.39, 0.29) is 18.4 Å². The third-order valence-corrected chi connectivity index (χ3v) is 3.63. The van der Waals surface area contributed by atoms with E-state index in [9.17, 15) is 9.59 Å². The molecule has 1 aliphatic rings. The standard InChI is InChI=1S/C16H22N2O3/c1-4-21-16(20)17-14(11(2)3)15(19)18-10-9-12-7-5-6-8-13(12)18/h5-8,11,14H,4,9-10H2,1-3H3,(H,17,20)/t14-/m0/s1. The Morgan fingerprint density at radius 1 is 1.33 bits per heavy atom. The molecule has 0 saturated carbocycles. The molecule has 2 amide bonds. The predicted octanol–water partition coefficient (Wildman–Crippen LogP) is 2.35. The minimum absolute atomic E-state index is 0.00494. The molecule has 1 aromatic rings. The zero-order valence-electron chi connectivity index (χ0n) is 12.8. The molecular weight excluding hydrogens is 268 g/mol. The third-order valence-electron chi connectivity index (χ3n) is 3.63. The van der Waals surface area contributed by atoms with Gasteiger partial charge in [-0.2, -0.15) is 0 Å². The quantitative estimate of drug-likeness (QED) is 0.926. The molecule has 1 N–H and O–H groups in total. The Morgan fingerprint density at radius 2 is 2.05 bits per heavy atom. The molecule has 114 valence electrons. The Hall–Kier alpha value is -2.04. The first kappa shape index (κ1) is 15.4. The van der Waals surface area contributed by atoms with Crippen molar-refractivity contribution in [2.75, 3.05) is 18.1 Å². The molecule has 1 aliphatic heterocycles. The second kappa shape index (κ2) is 6.61. The molecule has 1 aromatic carbocycles. The molecule has 21 heavy (non-hydrogen) atoms. The molecule has 0 aromatic heterocycles. The summed E-state index contributed by atoms with van der Waals surface area (Å²) < 4.78 is 4.88. The van der Waals surface area contributed by atoms with Crippen LogP contribution in [-0.2, 0) is 16.0 Å². The summed E-state index contributed by atoms with van der Waals surface area (Å²) in [6.07, 6.45) is 0.309. The fourth-order valence-corrected chi connectivity index (χ4v) is 2.55. The molecule has 0 radical (unpaired) electrons. The maximum Gasteiger partial charge on any atom is 0.407 e. The Morgan fingerprint density at radius 3 is 2.71 bits per heavy atom. The van der Waals surface area contributed by atoms with Crippen LogP contribution in [0.1, 0.15) is 26.3 Å². The number of amides is 2. The molecular formula is C16H22N2O3. The number of hydrogen-bond donors (Lipinski definition) is 1. The number of fused-ring (bicyclic) bond motifs is 1. The largest absolute Gasteiger partial charge is 0.450 e. The summed E-state index contributed by atoms with van der Waals surface area (Å²) in [6, 6.07) is 7.31. The molecule has 0 bridgehead atoms. The number of carbonyl (C=O) groups is 2. The molecule has 1 atom stereocenters. The minimum Gasteiger partial charge on any atom is -0.450 e. The lowest BCUT2D eigenvalue weighted by molar-refractivity contribution is -0.121. The summed E-state index contributed by atoms with van der Waals surface area (Å²) in [5, 5.41) is 2.67. The predicted molar refractivity (Wildman–Crippen MR) is 81.3 cm³/mol. The van der Waals surface area contributed by atoms with E-state index in [0.29, 0.717) is 6.54 Å². The van der Waals surface area contributed by atoms with Gasteiger partial charge in [0, 0.05) is 12.2 Å². The zero-order chi connectivity index (χ0) is 15.4. The van der Waals surface area contributed by atoms with Crippen LogP contribution in [0.3, 0.4) is 0 Å². The van der Waals surface area contributed by atoms with Gasteiger partial charge in [0.05, 0.1) is 6.61 Å². The van der Waals surface area contributed by atoms with Crippen molar-refractivity contribution in [2.24, 2.45) is 5.92 Å². The van der Waals surface area contributed by atoms with Gasteiger partial charge in [-0.25, -0.2) is 4.79 Å². The highest BCUT2D eigenvalue weighted by molar-refractivity contribution is 6.00. The lowest BCUT2D eigenvalue weighted by atomic mass is 10.0. The Kier molecular flexibility index (Phi) is 4.83. The molecule has 5 heteroatoms. The summed E-state index contributed by atoms with van der Waals surface area (Å²) in [4.78, 5) is 26.1. The van der Waals surface area contributed by atoms with Crippen LogP contribution in [0.5, 0.6) is 0 Å². The first-order valence-corrected chi connectivity index (χ1v) is 7.37. The number of alkyl carbamates (subject to hydrolysis) is 1. The molecule has 0 saturated heterocycles. The lowest BCUT2D eigenvalue weighted by Crippen LogP contribution is -2.51. The van der Waals surface area contributed by atoms with E-state index in [2.05, 4.69) is 5.32 Å². The van der Waals surface area contributed by atoms with E-state index >= 15 is 0 Å². The smallest absolute Gasteiger partial charge is 0.407 e. The number of rotatable bonds is 4. The van der Waals surface area contributed by atoms with Crippen molar-refractivity contribution in [3.05, 3.63) is 29.8 Å². The third kappa shape index (κ3) is 3.35. The van der Waals surface area contributed by atoms with Gasteiger partial charge in [-0.15, -0.1) is 0 Å². The number of benzene rings is 1. The van der Waals surface area contributed by atoms with Gasteiger partial charge < -0.3 is 15.0 Å². The summed E-state index contributed by atoms with van der Waals surface area (Å²) in [7, 11) is 0. The van der Waals surface area contributed by atoms with Gasteiger partial charge in [0.2, 0.25) is 5.91 Å². The lowest BCUT2D eigenvalue weighted by Gasteiger charge is -2.27. The van der Waals surface area contributed by atoms with Crippen LogP contribution in [0.2, 0.25) is 0 Å². The maximum absolute atomic E-state index is 12.7. The Bertz CT molecular complexity index is 528. The van der Waals surface area contributed by atoms with Crippen molar-refractivity contribution in [3.8, 4) is 0 Å². The molecule has 2 rings (SSSR count). The van der Waals surface area contributed by atoms with Crippen molar-refractivity contribution in [3.63, 3.8) is 0 Å². The van der Waals surface area contributed by atoms with Gasteiger partial charge in [-0.3, -0.25) is 4.79 Å². The van der Waals surface area contributed by atoms with E-state index in [0.717, 1.165) is 12.1 Å². The Labute approximate surface area is 125 Å². The summed E-state index contributed by atoms with van der Waals surface area (Å²) >= 11 is 0. The van der Waals surface area contributed by atoms with Crippen molar-refractivity contribution in [1.82, 2.24) is 5.32 Å². The van der Waals surface area contributed by atoms with E-state index < -0.39 is 12.1 Å². The summed E-state index contributed by atoms with van der Waals surface area (Å²) in [6.45, 7) is 6.51. The van der Waals surface area contributed by atoms with Crippen molar-refractivity contribution in [1.29, 1.82) is 0 Å². The number of anilines is 1. The summed E-state index contributed by atoms with van der Waals surface area (Å²) in [5.74, 6) is -0.0855. The fourth-order valence-electron chi connectivity index (χ4n) is 2.55. The Balaban J connectivity index is 2.15. The number of nitrogens with zero attached hydrogens (tertiary/aromatic N) is 1. The van der Waals surface area contributed by atoms with Crippen LogP contribution in [-0.4, -0.2) is 31.2 Å². The fraction of sp³-hybridized carbons (Fsp3) is 0.500. The first-order chi connectivity index (χ1) is 10.0. The van der Waals surface area contributed by atoms with Crippen LogP contribution >= 0.6 is 0 Å². The highest BCUT2D eigenvalue weighted by Crippen LogP contribution is 2.28. The second-order valence-electron chi connectivity index (χ2n) is 5.46. The van der Waals surface area contributed by atoms with Gasteiger partial charge in [0.25, 0.3) is 0 Å². The van der Waals surface area contributed by atoms with Crippen LogP contribution in [0.25, 0.3) is 0 Å². The zero-order valence-corrected chi connectivity index (χ0v) is 12.8. The molecule has 1 heterocycles. The van der Waals surface area contributed by atoms with Crippen LogP contribution in [0.15, 0.2) is 24.3 Å². The highest BCUT2D eigenvalue weighted by atomic mass is 16.5. The topological polar surface area (TPSA) is 58.6 Å². The molecule has 0 aliphatic carbocycles. The first-order valence-electron chi connectivity index (χ1n) is 7.37. The minimum atomic E-state index is -0.574. The average molecular weight is 290 g/mol. The van der Waals surface area contributed by atoms with Crippen molar-refractivity contribution >= 4 is 17.7 Å². The number of para-hydroxylation sites is 1. The monoisotopic (exact) mass is 290 g/mol. The molecule has 0 unspecified atom stereocenters. The van der Waals surface area contributed by atoms with Crippen LogP contribution < -0.4 is 10.2 Å². The van der Waals surface area contributed by atoms with E-state index in [1.807, 2.05) is 38.1 Å². The normalized spacial score (nSPS) is 14.8. The number of carbonyl (C=O) groups excluding carboxylic acids is 2. The highest BCUT2D eigenvalue weighted by Gasteiger charge is 2.32. The van der Waals surface area contributed by atoms with E-state index in [1.165, 1.54) is 5.56 Å². The van der Waals surface area contributed by atoms with E-state index in [4.69, 9.17) is 4.74 Å². The number of ether oxygens (including phenoxy) is 1.